The van der Waals surface area contributed by atoms with Gasteiger partial charge in [-0.25, -0.2) is 9.97 Å². The number of rotatable bonds is 2. The van der Waals surface area contributed by atoms with E-state index in [9.17, 15) is 0 Å². The molecule has 0 N–H and O–H groups in total. The van der Waals surface area contributed by atoms with Crippen LogP contribution in [0.25, 0.3) is 0 Å². The molecule has 1 aromatic heterocycles. The van der Waals surface area contributed by atoms with Crippen molar-refractivity contribution in [2.75, 3.05) is 0 Å². The molecule has 0 atom stereocenters. The number of oxime groups is 1. The minimum atomic E-state index is -0.264. The van der Waals surface area contributed by atoms with Crippen molar-refractivity contribution in [1.82, 2.24) is 9.97 Å². The highest BCUT2D eigenvalue weighted by atomic mass is 16.6. The second kappa shape index (κ2) is 4.17. The Morgan fingerprint density at radius 3 is 2.71 bits per heavy atom. The molecule has 0 spiro atoms. The van der Waals surface area contributed by atoms with Gasteiger partial charge in [0.25, 0.3) is 0 Å². The molecule has 1 aromatic rings. The summed E-state index contributed by atoms with van der Waals surface area (Å²) in [6.07, 6.45) is 4.84. The van der Waals surface area contributed by atoms with Gasteiger partial charge in [0.05, 0.1) is 6.21 Å². The Balaban J connectivity index is 2.65. The van der Waals surface area contributed by atoms with Crippen molar-refractivity contribution in [1.29, 1.82) is 0 Å². The molecule has 0 unspecified atom stereocenters. The van der Waals surface area contributed by atoms with Gasteiger partial charge in [-0.15, -0.1) is 0 Å². The molecule has 0 fully saturated rings. The fraction of sp³-hybridized carbons (Fsp3) is 0.500. The van der Waals surface area contributed by atoms with Crippen LogP contribution in [0.2, 0.25) is 0 Å². The maximum atomic E-state index is 5.20. The Hall–Kier alpha value is -1.45. The van der Waals surface area contributed by atoms with Crippen molar-refractivity contribution in [2.45, 2.75) is 33.3 Å². The molecule has 0 bridgehead atoms. The molecule has 0 saturated carbocycles. The summed E-state index contributed by atoms with van der Waals surface area (Å²) in [5.74, 6) is 0. The van der Waals surface area contributed by atoms with E-state index in [0.717, 1.165) is 11.3 Å². The summed E-state index contributed by atoms with van der Waals surface area (Å²) >= 11 is 0. The average molecular weight is 193 g/mol. The van der Waals surface area contributed by atoms with Gasteiger partial charge in [0, 0.05) is 17.5 Å². The first-order valence-corrected chi connectivity index (χ1v) is 4.47. The maximum absolute atomic E-state index is 5.20. The molecular formula is C10H15N3O. The molecule has 0 aliphatic heterocycles. The second-order valence-electron chi connectivity index (χ2n) is 4.00. The van der Waals surface area contributed by atoms with Crippen LogP contribution in [0.3, 0.4) is 0 Å². The van der Waals surface area contributed by atoms with Crippen LogP contribution in [0.1, 0.15) is 32.0 Å². The Bertz CT molecular complexity index is 328. The lowest BCUT2D eigenvalue weighted by molar-refractivity contribution is 0.00198. The third kappa shape index (κ3) is 3.51. The van der Waals surface area contributed by atoms with E-state index in [1.54, 1.807) is 12.4 Å². The molecule has 76 valence electrons. The fourth-order valence-corrected chi connectivity index (χ4v) is 0.770. The summed E-state index contributed by atoms with van der Waals surface area (Å²) in [7, 11) is 0. The topological polar surface area (TPSA) is 47.4 Å². The standard InChI is InChI=1S/C10H15N3O/c1-8-9(5-11-7-12-8)6-13-14-10(2,3)4/h5-7H,1-4H3/b13-6+. The summed E-state index contributed by atoms with van der Waals surface area (Å²) in [5, 5.41) is 3.87. The molecule has 1 rings (SSSR count). The van der Waals surface area contributed by atoms with Crippen LogP contribution in [0.4, 0.5) is 0 Å². The number of hydrogen-bond donors (Lipinski definition) is 0. The Morgan fingerprint density at radius 1 is 1.43 bits per heavy atom. The lowest BCUT2D eigenvalue weighted by atomic mass is 10.2. The summed E-state index contributed by atoms with van der Waals surface area (Å²) in [5.41, 5.74) is 1.50. The lowest BCUT2D eigenvalue weighted by Crippen LogP contribution is -2.15. The Kier molecular flexibility index (Phi) is 3.17. The zero-order valence-corrected chi connectivity index (χ0v) is 8.98. The highest BCUT2D eigenvalue weighted by molar-refractivity contribution is 5.79. The van der Waals surface area contributed by atoms with Gasteiger partial charge >= 0.3 is 0 Å². The first-order valence-electron chi connectivity index (χ1n) is 4.47. The third-order valence-corrected chi connectivity index (χ3v) is 1.47. The molecule has 0 aliphatic rings. The van der Waals surface area contributed by atoms with Crippen molar-refractivity contribution >= 4 is 6.21 Å². The van der Waals surface area contributed by atoms with Crippen LogP contribution in [-0.2, 0) is 4.84 Å². The van der Waals surface area contributed by atoms with Crippen molar-refractivity contribution in [3.63, 3.8) is 0 Å². The molecule has 0 amide bonds. The largest absolute Gasteiger partial charge is 0.390 e. The van der Waals surface area contributed by atoms with E-state index < -0.39 is 0 Å². The van der Waals surface area contributed by atoms with Gasteiger partial charge in [-0.2, -0.15) is 0 Å². The quantitative estimate of drug-likeness (QED) is 0.532. The minimum Gasteiger partial charge on any atom is -0.390 e. The number of aromatic nitrogens is 2. The normalized spacial score (nSPS) is 12.0. The predicted molar refractivity (Wildman–Crippen MR) is 55.2 cm³/mol. The van der Waals surface area contributed by atoms with E-state index in [4.69, 9.17) is 4.84 Å². The molecular weight excluding hydrogens is 178 g/mol. The third-order valence-electron chi connectivity index (χ3n) is 1.47. The highest BCUT2D eigenvalue weighted by Crippen LogP contribution is 2.07. The van der Waals surface area contributed by atoms with Crippen molar-refractivity contribution in [3.8, 4) is 0 Å². The first-order chi connectivity index (χ1) is 6.49. The molecule has 4 nitrogen and oxygen atoms in total. The molecule has 0 radical (unpaired) electrons. The fourth-order valence-electron chi connectivity index (χ4n) is 0.770. The molecule has 0 aromatic carbocycles. The van der Waals surface area contributed by atoms with Gasteiger partial charge in [-0.3, -0.25) is 0 Å². The SMILES string of the molecule is Cc1ncncc1/C=N/OC(C)(C)C. The van der Waals surface area contributed by atoms with E-state index in [2.05, 4.69) is 15.1 Å². The molecule has 14 heavy (non-hydrogen) atoms. The lowest BCUT2D eigenvalue weighted by Gasteiger charge is -2.14. The monoisotopic (exact) mass is 193 g/mol. The van der Waals surface area contributed by atoms with E-state index in [-0.39, 0.29) is 5.60 Å². The highest BCUT2D eigenvalue weighted by Gasteiger charge is 2.09. The van der Waals surface area contributed by atoms with Gasteiger partial charge in [-0.1, -0.05) is 5.16 Å². The summed E-state index contributed by atoms with van der Waals surface area (Å²) < 4.78 is 0. The molecule has 4 heteroatoms. The van der Waals surface area contributed by atoms with Crippen molar-refractivity contribution in [3.05, 3.63) is 23.8 Å². The summed E-state index contributed by atoms with van der Waals surface area (Å²) in [4.78, 5) is 13.1. The van der Waals surface area contributed by atoms with Gasteiger partial charge in [-0.05, 0) is 27.7 Å². The van der Waals surface area contributed by atoms with Crippen LogP contribution in [0, 0.1) is 6.92 Å². The predicted octanol–water partition coefficient (Wildman–Crippen LogP) is 1.93. The zero-order valence-electron chi connectivity index (χ0n) is 8.98. The van der Waals surface area contributed by atoms with E-state index in [1.165, 1.54) is 6.33 Å². The molecule has 1 heterocycles. The van der Waals surface area contributed by atoms with Crippen LogP contribution in [0.15, 0.2) is 17.7 Å². The van der Waals surface area contributed by atoms with Gasteiger partial charge < -0.3 is 4.84 Å². The van der Waals surface area contributed by atoms with Crippen LogP contribution >= 0.6 is 0 Å². The summed E-state index contributed by atoms with van der Waals surface area (Å²) in [6, 6.07) is 0. The van der Waals surface area contributed by atoms with Crippen molar-refractivity contribution < 1.29 is 4.84 Å². The van der Waals surface area contributed by atoms with Crippen LogP contribution < -0.4 is 0 Å². The van der Waals surface area contributed by atoms with Crippen LogP contribution in [-0.4, -0.2) is 21.8 Å². The maximum Gasteiger partial charge on any atom is 0.129 e. The first kappa shape index (κ1) is 10.6. The smallest absolute Gasteiger partial charge is 0.129 e. The Morgan fingerprint density at radius 2 is 2.14 bits per heavy atom. The Labute approximate surface area is 84.0 Å². The molecule has 0 aliphatic carbocycles. The number of nitrogens with zero attached hydrogens (tertiary/aromatic N) is 3. The zero-order chi connectivity index (χ0) is 10.6. The van der Waals surface area contributed by atoms with E-state index in [1.807, 2.05) is 27.7 Å². The van der Waals surface area contributed by atoms with Gasteiger partial charge in [0.1, 0.15) is 11.9 Å². The minimum absolute atomic E-state index is 0.264. The summed E-state index contributed by atoms with van der Waals surface area (Å²) in [6.45, 7) is 7.73. The van der Waals surface area contributed by atoms with Crippen molar-refractivity contribution in [2.24, 2.45) is 5.16 Å². The van der Waals surface area contributed by atoms with Crippen LogP contribution in [0.5, 0.6) is 0 Å². The van der Waals surface area contributed by atoms with E-state index in [0.29, 0.717) is 0 Å². The van der Waals surface area contributed by atoms with E-state index >= 15 is 0 Å². The average Bonchev–Trinajstić information content (AvgIpc) is 2.06. The number of hydrogen-bond acceptors (Lipinski definition) is 4. The van der Waals surface area contributed by atoms with Gasteiger partial charge in [0.15, 0.2) is 0 Å². The second-order valence-corrected chi connectivity index (χ2v) is 4.00. The number of aryl methyl sites for hydroxylation is 1. The van der Waals surface area contributed by atoms with Gasteiger partial charge in [0.2, 0.25) is 0 Å². The molecule has 0 saturated heterocycles.